The van der Waals surface area contributed by atoms with Gasteiger partial charge in [-0.15, -0.1) is 0 Å². The summed E-state index contributed by atoms with van der Waals surface area (Å²) in [6.07, 6.45) is 0. The predicted molar refractivity (Wildman–Crippen MR) is 69.3 cm³/mol. The normalized spacial score (nSPS) is 19.2. The van der Waals surface area contributed by atoms with Crippen molar-refractivity contribution in [3.63, 3.8) is 0 Å². The lowest BCUT2D eigenvalue weighted by Gasteiger charge is -2.23. The minimum Gasteiger partial charge on any atom is -0.353 e. The van der Waals surface area contributed by atoms with Crippen LogP contribution in [0.5, 0.6) is 0 Å². The van der Waals surface area contributed by atoms with E-state index in [4.69, 9.17) is 0 Å². The Kier molecular flexibility index (Phi) is 3.62. The molecule has 1 aromatic carbocycles. The molecule has 0 bridgehead atoms. The average Bonchev–Trinajstić information content (AvgIpc) is 2.33. The minimum absolute atomic E-state index is 0.0782. The molecule has 3 N–H and O–H groups in total. The lowest BCUT2D eigenvalue weighted by molar-refractivity contribution is -0.124. The van der Waals surface area contributed by atoms with E-state index >= 15 is 0 Å². The van der Waals surface area contributed by atoms with Crippen LogP contribution in [0.4, 0.5) is 5.69 Å². The van der Waals surface area contributed by atoms with Gasteiger partial charge in [-0.25, -0.2) is 0 Å². The fourth-order valence-electron chi connectivity index (χ4n) is 1.93. The van der Waals surface area contributed by atoms with Gasteiger partial charge in [-0.2, -0.15) is 0 Å². The van der Waals surface area contributed by atoms with Gasteiger partial charge in [0, 0.05) is 12.2 Å². The third kappa shape index (κ3) is 2.87. The van der Waals surface area contributed by atoms with E-state index in [1.54, 1.807) is 0 Å². The van der Waals surface area contributed by atoms with Gasteiger partial charge in [-0.1, -0.05) is 17.7 Å². The molecule has 1 aromatic rings. The molecule has 0 radical (unpaired) electrons. The molecule has 5 nitrogen and oxygen atoms in total. The van der Waals surface area contributed by atoms with Crippen molar-refractivity contribution in [2.45, 2.75) is 19.9 Å². The molecule has 2 rings (SSSR count). The number of piperazine rings is 1. The van der Waals surface area contributed by atoms with Gasteiger partial charge in [0.25, 0.3) is 0 Å². The van der Waals surface area contributed by atoms with Crippen molar-refractivity contribution in [1.29, 1.82) is 0 Å². The molecule has 0 aromatic heterocycles. The number of hydrogen-bond acceptors (Lipinski definition) is 3. The van der Waals surface area contributed by atoms with Crippen LogP contribution < -0.4 is 16.0 Å². The summed E-state index contributed by atoms with van der Waals surface area (Å²) in [7, 11) is 0. The molecule has 0 spiro atoms. The van der Waals surface area contributed by atoms with Crippen molar-refractivity contribution in [3.05, 3.63) is 29.3 Å². The van der Waals surface area contributed by atoms with Crippen LogP contribution in [0, 0.1) is 13.8 Å². The first kappa shape index (κ1) is 12.6. The number of nitrogens with one attached hydrogen (secondary N) is 3. The third-order valence-corrected chi connectivity index (χ3v) is 2.97. The summed E-state index contributed by atoms with van der Waals surface area (Å²) in [5.41, 5.74) is 3.00. The fraction of sp³-hybridized carbons (Fsp3) is 0.385. The highest BCUT2D eigenvalue weighted by Crippen LogP contribution is 2.16. The number of benzene rings is 1. The predicted octanol–water partition coefficient (Wildman–Crippen LogP) is 0.330. The maximum atomic E-state index is 12.0. The van der Waals surface area contributed by atoms with Gasteiger partial charge in [0.1, 0.15) is 6.04 Å². The number of carbonyl (C=O) groups excluding carboxylic acids is 2. The van der Waals surface area contributed by atoms with Crippen LogP contribution in [0.2, 0.25) is 0 Å². The summed E-state index contributed by atoms with van der Waals surface area (Å²) >= 11 is 0. The highest BCUT2D eigenvalue weighted by molar-refractivity contribution is 5.97. The molecule has 18 heavy (non-hydrogen) atoms. The van der Waals surface area contributed by atoms with Gasteiger partial charge in [0.2, 0.25) is 11.8 Å². The van der Waals surface area contributed by atoms with Crippen LogP contribution in [0.3, 0.4) is 0 Å². The smallest absolute Gasteiger partial charge is 0.243 e. The van der Waals surface area contributed by atoms with E-state index in [2.05, 4.69) is 16.0 Å². The number of amides is 2. The van der Waals surface area contributed by atoms with Gasteiger partial charge in [-0.3, -0.25) is 14.9 Å². The lowest BCUT2D eigenvalue weighted by Crippen LogP contribution is -2.56. The third-order valence-electron chi connectivity index (χ3n) is 2.97. The summed E-state index contributed by atoms with van der Waals surface area (Å²) in [5, 5.41) is 8.43. The Labute approximate surface area is 106 Å². The summed E-state index contributed by atoms with van der Waals surface area (Å²) in [6.45, 7) is 4.48. The highest BCUT2D eigenvalue weighted by atomic mass is 16.2. The van der Waals surface area contributed by atoms with Gasteiger partial charge in [-0.05, 0) is 25.5 Å². The molecule has 1 aliphatic heterocycles. The minimum atomic E-state index is -0.372. The van der Waals surface area contributed by atoms with Crippen molar-refractivity contribution in [2.75, 3.05) is 18.4 Å². The van der Waals surface area contributed by atoms with Gasteiger partial charge in [0.15, 0.2) is 0 Å². The Balaban J connectivity index is 2.00. The molecule has 1 atom stereocenters. The molecule has 1 saturated heterocycles. The quantitative estimate of drug-likeness (QED) is 0.705. The van der Waals surface area contributed by atoms with E-state index in [0.717, 1.165) is 16.8 Å². The number of hydrogen-bond donors (Lipinski definition) is 3. The second-order valence-electron chi connectivity index (χ2n) is 4.55. The molecule has 0 saturated carbocycles. The van der Waals surface area contributed by atoms with E-state index in [0.29, 0.717) is 6.54 Å². The Hall–Kier alpha value is -1.88. The molecule has 0 aliphatic carbocycles. The van der Waals surface area contributed by atoms with Crippen molar-refractivity contribution in [1.82, 2.24) is 10.6 Å². The summed E-state index contributed by atoms with van der Waals surface area (Å²) in [5.74, 6) is -0.201. The zero-order valence-electron chi connectivity index (χ0n) is 10.5. The fourth-order valence-corrected chi connectivity index (χ4v) is 1.93. The standard InChI is InChI=1S/C13H17N3O2/c1-8-3-4-10(9(2)5-8)16-13(18)11-6-15-12(17)7-14-11/h3-5,11,14H,6-7H2,1-2H3,(H,15,17)(H,16,18). The van der Waals surface area contributed by atoms with Crippen LogP contribution >= 0.6 is 0 Å². The Morgan fingerprint density at radius 1 is 1.39 bits per heavy atom. The van der Waals surface area contributed by atoms with Crippen LogP contribution in [0.15, 0.2) is 18.2 Å². The van der Waals surface area contributed by atoms with Crippen molar-refractivity contribution in [2.24, 2.45) is 0 Å². The van der Waals surface area contributed by atoms with Crippen LogP contribution in [-0.4, -0.2) is 30.9 Å². The molecular formula is C13H17N3O2. The molecule has 1 unspecified atom stereocenters. The molecule has 5 heteroatoms. The summed E-state index contributed by atoms with van der Waals surface area (Å²) < 4.78 is 0. The van der Waals surface area contributed by atoms with Crippen LogP contribution in [0.25, 0.3) is 0 Å². The number of anilines is 1. The lowest BCUT2D eigenvalue weighted by atomic mass is 10.1. The van der Waals surface area contributed by atoms with Crippen LogP contribution in [0.1, 0.15) is 11.1 Å². The molecule has 1 fully saturated rings. The van der Waals surface area contributed by atoms with Gasteiger partial charge >= 0.3 is 0 Å². The Morgan fingerprint density at radius 3 is 2.78 bits per heavy atom. The maximum Gasteiger partial charge on any atom is 0.243 e. The highest BCUT2D eigenvalue weighted by Gasteiger charge is 2.23. The Bertz CT molecular complexity index is 475. The summed E-state index contributed by atoms with van der Waals surface area (Å²) in [6, 6.07) is 5.50. The van der Waals surface area contributed by atoms with E-state index < -0.39 is 0 Å². The second-order valence-corrected chi connectivity index (χ2v) is 4.55. The van der Waals surface area contributed by atoms with E-state index in [1.807, 2.05) is 32.0 Å². The van der Waals surface area contributed by atoms with Crippen molar-refractivity contribution in [3.8, 4) is 0 Å². The van der Waals surface area contributed by atoms with Crippen molar-refractivity contribution >= 4 is 17.5 Å². The van der Waals surface area contributed by atoms with Gasteiger partial charge < -0.3 is 10.6 Å². The average molecular weight is 247 g/mol. The largest absolute Gasteiger partial charge is 0.353 e. The van der Waals surface area contributed by atoms with E-state index in [-0.39, 0.29) is 24.4 Å². The zero-order valence-corrected chi connectivity index (χ0v) is 10.5. The van der Waals surface area contributed by atoms with E-state index in [9.17, 15) is 9.59 Å². The monoisotopic (exact) mass is 247 g/mol. The van der Waals surface area contributed by atoms with Crippen LogP contribution in [-0.2, 0) is 9.59 Å². The first-order valence-corrected chi connectivity index (χ1v) is 5.94. The number of rotatable bonds is 2. The molecule has 1 heterocycles. The first-order chi connectivity index (χ1) is 8.56. The SMILES string of the molecule is Cc1ccc(NC(=O)C2CNC(=O)CN2)c(C)c1. The first-order valence-electron chi connectivity index (χ1n) is 5.94. The Morgan fingerprint density at radius 2 is 2.17 bits per heavy atom. The van der Waals surface area contributed by atoms with E-state index in [1.165, 1.54) is 0 Å². The molecule has 1 aliphatic rings. The molecule has 2 amide bonds. The summed E-state index contributed by atoms with van der Waals surface area (Å²) in [4.78, 5) is 23.0. The topological polar surface area (TPSA) is 70.2 Å². The maximum absolute atomic E-state index is 12.0. The second kappa shape index (κ2) is 5.18. The molecular weight excluding hydrogens is 230 g/mol. The van der Waals surface area contributed by atoms with Crippen molar-refractivity contribution < 1.29 is 9.59 Å². The van der Waals surface area contributed by atoms with Gasteiger partial charge in [0.05, 0.1) is 6.54 Å². The molecule has 96 valence electrons. The zero-order chi connectivity index (χ0) is 13.1. The number of aryl methyl sites for hydroxylation is 2. The number of carbonyl (C=O) groups is 2.